The van der Waals surface area contributed by atoms with E-state index in [1.807, 2.05) is 0 Å². The van der Waals surface area contributed by atoms with E-state index >= 15 is 0 Å². The Morgan fingerprint density at radius 1 is 0.842 bits per heavy atom. The Kier molecular flexibility index (Phi) is 4.67. The van der Waals surface area contributed by atoms with E-state index < -0.39 is 0 Å². The summed E-state index contributed by atoms with van der Waals surface area (Å²) in [6.07, 6.45) is 1.14. The molecule has 0 saturated carbocycles. The van der Waals surface area contributed by atoms with Crippen molar-refractivity contribution in [2.75, 3.05) is 0 Å². The molecule has 0 amide bonds. The Balaban J connectivity index is 2.11. The standard InChI is InChI=1S/C18H21I/c1-18(2,3)17(19)13-14-9-11-16(12-10-14)15-7-5-4-6-8-15/h4-12,17H,13H2,1-3H3. The van der Waals surface area contributed by atoms with Gasteiger partial charge in [-0.3, -0.25) is 0 Å². The molecule has 1 unspecified atom stereocenters. The second-order valence-electron chi connectivity index (χ2n) is 6.10. The van der Waals surface area contributed by atoms with Crippen LogP contribution in [0.1, 0.15) is 26.3 Å². The molecule has 0 N–H and O–H groups in total. The van der Waals surface area contributed by atoms with Crippen molar-refractivity contribution in [1.82, 2.24) is 0 Å². The average Bonchev–Trinajstić information content (AvgIpc) is 2.39. The highest BCUT2D eigenvalue weighted by Crippen LogP contribution is 2.30. The largest absolute Gasteiger partial charge is 0.0817 e. The van der Waals surface area contributed by atoms with Crippen LogP contribution in [0.2, 0.25) is 0 Å². The maximum atomic E-state index is 2.57. The van der Waals surface area contributed by atoms with E-state index in [1.165, 1.54) is 16.7 Å². The van der Waals surface area contributed by atoms with Crippen molar-refractivity contribution >= 4 is 22.6 Å². The molecule has 2 rings (SSSR count). The molecule has 0 spiro atoms. The fourth-order valence-corrected chi connectivity index (χ4v) is 2.49. The lowest BCUT2D eigenvalue weighted by Crippen LogP contribution is -2.22. The third-order valence-electron chi connectivity index (χ3n) is 3.42. The van der Waals surface area contributed by atoms with Crippen LogP contribution in [0.3, 0.4) is 0 Å². The van der Waals surface area contributed by atoms with E-state index in [4.69, 9.17) is 0 Å². The van der Waals surface area contributed by atoms with E-state index in [9.17, 15) is 0 Å². The van der Waals surface area contributed by atoms with Crippen LogP contribution in [0.5, 0.6) is 0 Å². The van der Waals surface area contributed by atoms with E-state index in [2.05, 4.69) is 98.0 Å². The fraction of sp³-hybridized carbons (Fsp3) is 0.333. The summed E-state index contributed by atoms with van der Waals surface area (Å²) < 4.78 is 0.660. The van der Waals surface area contributed by atoms with Gasteiger partial charge in [-0.15, -0.1) is 0 Å². The fourth-order valence-electron chi connectivity index (χ4n) is 1.98. The lowest BCUT2D eigenvalue weighted by Gasteiger charge is -2.25. The molecule has 0 bridgehead atoms. The third kappa shape index (κ3) is 4.07. The van der Waals surface area contributed by atoms with Crippen LogP contribution < -0.4 is 0 Å². The monoisotopic (exact) mass is 364 g/mol. The van der Waals surface area contributed by atoms with Gasteiger partial charge >= 0.3 is 0 Å². The molecule has 1 atom stereocenters. The summed E-state index contributed by atoms with van der Waals surface area (Å²) in [5, 5.41) is 0. The topological polar surface area (TPSA) is 0 Å². The predicted molar refractivity (Wildman–Crippen MR) is 92.8 cm³/mol. The van der Waals surface area contributed by atoms with Crippen LogP contribution in [-0.2, 0) is 6.42 Å². The Morgan fingerprint density at radius 3 is 1.89 bits per heavy atom. The summed E-state index contributed by atoms with van der Waals surface area (Å²) >= 11 is 2.57. The highest BCUT2D eigenvalue weighted by atomic mass is 127. The molecular formula is C18H21I. The molecule has 0 nitrogen and oxygen atoms in total. The van der Waals surface area contributed by atoms with Gasteiger partial charge in [-0.2, -0.15) is 0 Å². The molecule has 0 saturated heterocycles. The minimum absolute atomic E-state index is 0.360. The molecule has 19 heavy (non-hydrogen) atoms. The quantitative estimate of drug-likeness (QED) is 0.481. The molecule has 0 aliphatic rings. The summed E-state index contributed by atoms with van der Waals surface area (Å²) in [5.74, 6) is 0. The van der Waals surface area contributed by atoms with Crippen LogP contribution in [0.25, 0.3) is 11.1 Å². The molecule has 0 aromatic heterocycles. The smallest absolute Gasteiger partial charge is 0.0198 e. The van der Waals surface area contributed by atoms with Crippen LogP contribution in [0.4, 0.5) is 0 Å². The van der Waals surface area contributed by atoms with Crippen LogP contribution in [-0.4, -0.2) is 3.92 Å². The molecule has 1 heteroatoms. The zero-order valence-electron chi connectivity index (χ0n) is 11.9. The van der Waals surface area contributed by atoms with Crippen molar-refractivity contribution in [3.63, 3.8) is 0 Å². The molecule has 0 aliphatic carbocycles. The first-order valence-electron chi connectivity index (χ1n) is 6.75. The van der Waals surface area contributed by atoms with Gasteiger partial charge < -0.3 is 0 Å². The maximum Gasteiger partial charge on any atom is 0.0198 e. The summed E-state index contributed by atoms with van der Waals surface area (Å²) in [5.41, 5.74) is 4.37. The SMILES string of the molecule is CC(C)(C)C(I)Cc1ccc(-c2ccccc2)cc1. The van der Waals surface area contributed by atoms with E-state index in [1.54, 1.807) is 0 Å². The average molecular weight is 364 g/mol. The van der Waals surface area contributed by atoms with Gasteiger partial charge in [0.2, 0.25) is 0 Å². The second kappa shape index (κ2) is 6.08. The number of hydrogen-bond acceptors (Lipinski definition) is 0. The molecule has 2 aromatic rings. The maximum absolute atomic E-state index is 2.57. The molecular weight excluding hydrogens is 343 g/mol. The number of alkyl halides is 1. The number of hydrogen-bond donors (Lipinski definition) is 0. The normalized spacial score (nSPS) is 13.3. The predicted octanol–water partition coefficient (Wildman–Crippen LogP) is 5.75. The number of halogens is 1. The van der Waals surface area contributed by atoms with Gasteiger partial charge in [-0.1, -0.05) is 98.0 Å². The zero-order chi connectivity index (χ0) is 13.9. The highest BCUT2D eigenvalue weighted by Gasteiger charge is 2.21. The number of benzene rings is 2. The Bertz CT molecular complexity index is 506. The van der Waals surface area contributed by atoms with Crippen molar-refractivity contribution in [2.24, 2.45) is 5.41 Å². The van der Waals surface area contributed by atoms with Crippen molar-refractivity contribution in [2.45, 2.75) is 31.1 Å². The minimum Gasteiger partial charge on any atom is -0.0817 e. The first-order valence-corrected chi connectivity index (χ1v) is 8.00. The second-order valence-corrected chi connectivity index (χ2v) is 7.60. The summed E-state index contributed by atoms with van der Waals surface area (Å²) in [4.78, 5) is 0. The first-order chi connectivity index (χ1) is 8.97. The van der Waals surface area contributed by atoms with Gasteiger partial charge in [0.15, 0.2) is 0 Å². The van der Waals surface area contributed by atoms with Crippen LogP contribution >= 0.6 is 22.6 Å². The first kappa shape index (κ1) is 14.6. The molecule has 0 radical (unpaired) electrons. The minimum atomic E-state index is 0.360. The third-order valence-corrected chi connectivity index (χ3v) is 5.72. The van der Waals surface area contributed by atoms with Gasteiger partial charge in [0.05, 0.1) is 0 Å². The zero-order valence-corrected chi connectivity index (χ0v) is 14.0. The Labute approximate surface area is 130 Å². The van der Waals surface area contributed by atoms with Crippen LogP contribution in [0, 0.1) is 5.41 Å². The number of rotatable bonds is 3. The summed E-state index contributed by atoms with van der Waals surface area (Å²) in [6, 6.07) is 19.5. The molecule has 0 fully saturated rings. The van der Waals surface area contributed by atoms with Gasteiger partial charge in [0, 0.05) is 3.92 Å². The van der Waals surface area contributed by atoms with Gasteiger partial charge in [0.25, 0.3) is 0 Å². The lowest BCUT2D eigenvalue weighted by atomic mass is 9.88. The van der Waals surface area contributed by atoms with Gasteiger partial charge in [0.1, 0.15) is 0 Å². The Morgan fingerprint density at radius 2 is 1.37 bits per heavy atom. The lowest BCUT2D eigenvalue weighted by molar-refractivity contribution is 0.405. The highest BCUT2D eigenvalue weighted by molar-refractivity contribution is 14.1. The van der Waals surface area contributed by atoms with E-state index in [-0.39, 0.29) is 0 Å². The van der Waals surface area contributed by atoms with Crippen molar-refractivity contribution in [3.8, 4) is 11.1 Å². The molecule has 2 aromatic carbocycles. The molecule has 0 aliphatic heterocycles. The van der Waals surface area contributed by atoms with Gasteiger partial charge in [-0.05, 0) is 28.5 Å². The Hall–Kier alpha value is -0.830. The molecule has 100 valence electrons. The summed E-state index contributed by atoms with van der Waals surface area (Å²) in [7, 11) is 0. The van der Waals surface area contributed by atoms with Crippen molar-refractivity contribution < 1.29 is 0 Å². The molecule has 0 heterocycles. The van der Waals surface area contributed by atoms with Crippen molar-refractivity contribution in [1.29, 1.82) is 0 Å². The van der Waals surface area contributed by atoms with Gasteiger partial charge in [-0.25, -0.2) is 0 Å². The van der Waals surface area contributed by atoms with E-state index in [0.29, 0.717) is 9.34 Å². The summed E-state index contributed by atoms with van der Waals surface area (Å²) in [6.45, 7) is 6.92. The van der Waals surface area contributed by atoms with E-state index in [0.717, 1.165) is 6.42 Å². The van der Waals surface area contributed by atoms with Crippen molar-refractivity contribution in [3.05, 3.63) is 60.2 Å². The van der Waals surface area contributed by atoms with Crippen LogP contribution in [0.15, 0.2) is 54.6 Å².